The molecule has 18 heavy (non-hydrogen) atoms. The fourth-order valence-electron chi connectivity index (χ4n) is 3.14. The summed E-state index contributed by atoms with van der Waals surface area (Å²) in [6.07, 6.45) is 2.98. The van der Waals surface area contributed by atoms with Gasteiger partial charge in [-0.3, -0.25) is 4.79 Å². The second kappa shape index (κ2) is 4.67. The van der Waals surface area contributed by atoms with E-state index >= 15 is 0 Å². The summed E-state index contributed by atoms with van der Waals surface area (Å²) >= 11 is 1.83. The van der Waals surface area contributed by atoms with Crippen LogP contribution in [0.25, 0.3) is 0 Å². The van der Waals surface area contributed by atoms with Crippen LogP contribution in [0.3, 0.4) is 0 Å². The van der Waals surface area contributed by atoms with Crippen LogP contribution < -0.4 is 5.32 Å². The SMILES string of the molecule is CCC1(C(=O)N2CCc3sccc3C2)CCNC1. The topological polar surface area (TPSA) is 32.3 Å². The van der Waals surface area contributed by atoms with Gasteiger partial charge in [0.2, 0.25) is 5.91 Å². The maximum Gasteiger partial charge on any atom is 0.230 e. The molecule has 0 saturated carbocycles. The van der Waals surface area contributed by atoms with Crippen LogP contribution >= 0.6 is 11.3 Å². The molecule has 1 aromatic heterocycles. The van der Waals surface area contributed by atoms with Gasteiger partial charge in [-0.25, -0.2) is 0 Å². The van der Waals surface area contributed by atoms with Crippen molar-refractivity contribution < 1.29 is 4.79 Å². The van der Waals surface area contributed by atoms with Crippen molar-refractivity contribution in [2.45, 2.75) is 32.7 Å². The first-order chi connectivity index (χ1) is 8.75. The quantitative estimate of drug-likeness (QED) is 0.886. The smallest absolute Gasteiger partial charge is 0.230 e. The van der Waals surface area contributed by atoms with Gasteiger partial charge in [0.05, 0.1) is 5.41 Å². The van der Waals surface area contributed by atoms with Gasteiger partial charge in [-0.1, -0.05) is 6.92 Å². The average molecular weight is 264 g/mol. The maximum absolute atomic E-state index is 12.8. The van der Waals surface area contributed by atoms with Gasteiger partial charge in [-0.2, -0.15) is 0 Å². The lowest BCUT2D eigenvalue weighted by Gasteiger charge is -2.35. The van der Waals surface area contributed by atoms with Crippen LogP contribution in [0.4, 0.5) is 0 Å². The molecule has 1 saturated heterocycles. The molecule has 1 fully saturated rings. The average Bonchev–Trinajstić information content (AvgIpc) is 3.06. The van der Waals surface area contributed by atoms with Crippen molar-refractivity contribution in [2.75, 3.05) is 19.6 Å². The highest BCUT2D eigenvalue weighted by atomic mass is 32.1. The molecule has 1 amide bonds. The van der Waals surface area contributed by atoms with E-state index in [0.29, 0.717) is 5.91 Å². The van der Waals surface area contributed by atoms with Crippen molar-refractivity contribution in [1.82, 2.24) is 10.2 Å². The largest absolute Gasteiger partial charge is 0.337 e. The molecule has 3 nitrogen and oxygen atoms in total. The van der Waals surface area contributed by atoms with Crippen molar-refractivity contribution in [2.24, 2.45) is 5.41 Å². The minimum atomic E-state index is -0.131. The highest BCUT2D eigenvalue weighted by molar-refractivity contribution is 7.10. The van der Waals surface area contributed by atoms with E-state index in [1.54, 1.807) is 0 Å². The second-order valence-electron chi connectivity index (χ2n) is 5.41. The predicted molar refractivity (Wildman–Crippen MR) is 73.7 cm³/mol. The van der Waals surface area contributed by atoms with Gasteiger partial charge in [-0.05, 0) is 42.8 Å². The molecule has 1 N–H and O–H groups in total. The lowest BCUT2D eigenvalue weighted by Crippen LogP contribution is -2.46. The molecular formula is C14H20N2OS. The zero-order valence-corrected chi connectivity index (χ0v) is 11.7. The molecule has 3 heterocycles. The van der Waals surface area contributed by atoms with E-state index in [-0.39, 0.29) is 5.41 Å². The van der Waals surface area contributed by atoms with E-state index in [9.17, 15) is 4.79 Å². The minimum absolute atomic E-state index is 0.131. The zero-order chi connectivity index (χ0) is 12.6. The van der Waals surface area contributed by atoms with Gasteiger partial charge >= 0.3 is 0 Å². The molecule has 1 aromatic rings. The van der Waals surface area contributed by atoms with E-state index in [2.05, 4.69) is 28.6 Å². The summed E-state index contributed by atoms with van der Waals surface area (Å²) in [5.74, 6) is 0.367. The summed E-state index contributed by atoms with van der Waals surface area (Å²) in [6, 6.07) is 2.17. The van der Waals surface area contributed by atoms with Crippen LogP contribution in [0.15, 0.2) is 11.4 Å². The summed E-state index contributed by atoms with van der Waals surface area (Å²) in [4.78, 5) is 16.3. The fourth-order valence-corrected chi connectivity index (χ4v) is 4.03. The molecule has 0 bridgehead atoms. The number of fused-ring (bicyclic) bond motifs is 1. The number of hydrogen-bond acceptors (Lipinski definition) is 3. The number of rotatable bonds is 2. The van der Waals surface area contributed by atoms with E-state index in [0.717, 1.165) is 45.4 Å². The number of hydrogen-bond donors (Lipinski definition) is 1. The Morgan fingerprint density at radius 1 is 1.61 bits per heavy atom. The number of carbonyl (C=O) groups is 1. The van der Waals surface area contributed by atoms with Gasteiger partial charge in [0.25, 0.3) is 0 Å². The molecule has 0 radical (unpaired) electrons. The van der Waals surface area contributed by atoms with Crippen molar-refractivity contribution in [1.29, 1.82) is 0 Å². The van der Waals surface area contributed by atoms with Crippen LogP contribution in [-0.2, 0) is 17.8 Å². The second-order valence-corrected chi connectivity index (χ2v) is 6.41. The number of nitrogens with zero attached hydrogens (tertiary/aromatic N) is 1. The molecule has 2 aliphatic heterocycles. The molecule has 98 valence electrons. The van der Waals surface area contributed by atoms with Crippen LogP contribution in [0.2, 0.25) is 0 Å². The minimum Gasteiger partial charge on any atom is -0.337 e. The Hall–Kier alpha value is -0.870. The van der Waals surface area contributed by atoms with Crippen molar-refractivity contribution in [3.63, 3.8) is 0 Å². The third-order valence-corrected chi connectivity index (χ3v) is 5.49. The summed E-state index contributed by atoms with van der Waals surface area (Å²) in [5.41, 5.74) is 1.23. The number of thiophene rings is 1. The standard InChI is InChI=1S/C14H20N2OS/c1-2-14(5-6-15-10-14)13(17)16-7-3-12-11(9-16)4-8-18-12/h4,8,15H,2-3,5-7,9-10H2,1H3. The molecule has 0 aliphatic carbocycles. The van der Waals surface area contributed by atoms with Crippen LogP contribution in [0, 0.1) is 5.41 Å². The van der Waals surface area contributed by atoms with Gasteiger partial charge in [-0.15, -0.1) is 11.3 Å². The predicted octanol–water partition coefficient (Wildman–Crippen LogP) is 2.02. The van der Waals surface area contributed by atoms with E-state index < -0.39 is 0 Å². The highest BCUT2D eigenvalue weighted by Crippen LogP contribution is 2.34. The Balaban J connectivity index is 1.78. The van der Waals surface area contributed by atoms with Crippen molar-refractivity contribution >= 4 is 17.2 Å². The third-order valence-electron chi connectivity index (χ3n) is 4.47. The Morgan fingerprint density at radius 3 is 3.22 bits per heavy atom. The molecule has 1 atom stereocenters. The van der Waals surface area contributed by atoms with Gasteiger partial charge in [0, 0.05) is 24.5 Å². The Morgan fingerprint density at radius 2 is 2.50 bits per heavy atom. The first-order valence-electron chi connectivity index (χ1n) is 6.80. The number of nitrogens with one attached hydrogen (secondary N) is 1. The number of amides is 1. The Labute approximate surface area is 112 Å². The summed E-state index contributed by atoms with van der Waals surface area (Å²) in [6.45, 7) is 5.70. The van der Waals surface area contributed by atoms with Crippen LogP contribution in [0.1, 0.15) is 30.2 Å². The van der Waals surface area contributed by atoms with E-state index in [4.69, 9.17) is 0 Å². The zero-order valence-electron chi connectivity index (χ0n) is 10.9. The summed E-state index contributed by atoms with van der Waals surface area (Å²) in [5, 5.41) is 5.50. The van der Waals surface area contributed by atoms with Gasteiger partial charge < -0.3 is 10.2 Å². The van der Waals surface area contributed by atoms with E-state index in [1.165, 1.54) is 10.4 Å². The van der Waals surface area contributed by atoms with Gasteiger partial charge in [0.1, 0.15) is 0 Å². The normalized spacial score (nSPS) is 27.3. The molecule has 3 rings (SSSR count). The highest BCUT2D eigenvalue weighted by Gasteiger charge is 2.42. The van der Waals surface area contributed by atoms with Crippen molar-refractivity contribution in [3.8, 4) is 0 Å². The molecule has 4 heteroatoms. The maximum atomic E-state index is 12.8. The molecule has 0 aromatic carbocycles. The van der Waals surface area contributed by atoms with Gasteiger partial charge in [0.15, 0.2) is 0 Å². The Kier molecular flexibility index (Phi) is 3.16. The molecule has 0 spiro atoms. The van der Waals surface area contributed by atoms with Crippen LogP contribution in [0.5, 0.6) is 0 Å². The van der Waals surface area contributed by atoms with Crippen LogP contribution in [-0.4, -0.2) is 30.4 Å². The molecular weight excluding hydrogens is 244 g/mol. The first-order valence-corrected chi connectivity index (χ1v) is 7.68. The molecule has 2 aliphatic rings. The Bertz CT molecular complexity index is 448. The first kappa shape index (κ1) is 12.2. The summed E-state index contributed by atoms with van der Waals surface area (Å²) in [7, 11) is 0. The lowest BCUT2D eigenvalue weighted by atomic mass is 9.82. The van der Waals surface area contributed by atoms with Crippen molar-refractivity contribution in [3.05, 3.63) is 21.9 Å². The number of carbonyl (C=O) groups excluding carboxylic acids is 1. The summed E-state index contributed by atoms with van der Waals surface area (Å²) < 4.78 is 0. The third kappa shape index (κ3) is 1.88. The lowest BCUT2D eigenvalue weighted by molar-refractivity contribution is -0.142. The molecule has 1 unspecified atom stereocenters. The van der Waals surface area contributed by atoms with E-state index in [1.807, 2.05) is 11.3 Å². The fraction of sp³-hybridized carbons (Fsp3) is 0.643. The monoisotopic (exact) mass is 264 g/mol.